The van der Waals surface area contributed by atoms with E-state index in [1.807, 2.05) is 12.1 Å². The van der Waals surface area contributed by atoms with E-state index >= 15 is 0 Å². The van der Waals surface area contributed by atoms with Gasteiger partial charge in [-0.05, 0) is 40.9 Å². The normalized spacial score (nSPS) is 15.0. The zero-order valence-electron chi connectivity index (χ0n) is 13.7. The van der Waals surface area contributed by atoms with E-state index in [9.17, 15) is 8.42 Å². The Bertz CT molecular complexity index is 561. The molecule has 1 atom stereocenters. The summed E-state index contributed by atoms with van der Waals surface area (Å²) in [5.74, 6) is 0.344. The van der Waals surface area contributed by atoms with Gasteiger partial charge in [-0.1, -0.05) is 53.7 Å². The van der Waals surface area contributed by atoms with Gasteiger partial charge in [0, 0.05) is 0 Å². The Morgan fingerprint density at radius 1 is 1.05 bits per heavy atom. The van der Waals surface area contributed by atoms with Crippen LogP contribution in [0.4, 0.5) is 0 Å². The summed E-state index contributed by atoms with van der Waals surface area (Å²) in [4.78, 5) is 0.141. The van der Waals surface area contributed by atoms with Gasteiger partial charge < -0.3 is 4.55 Å². The average Bonchev–Trinajstić information content (AvgIpc) is 2.34. The Hall–Kier alpha value is -0.520. The average molecular weight is 331 g/mol. The maximum Gasteiger partial charge on any atom is 0.255 e. The molecule has 120 valence electrons. The van der Waals surface area contributed by atoms with Gasteiger partial charge in [-0.15, -0.1) is 0 Å². The molecule has 1 aromatic rings. The smallest absolute Gasteiger partial charge is 0.255 e. The highest BCUT2D eigenvalue weighted by Gasteiger charge is 2.30. The summed E-state index contributed by atoms with van der Waals surface area (Å²) in [7, 11) is -3.64. The van der Waals surface area contributed by atoms with Crippen LogP contribution >= 0.6 is 11.1 Å². The van der Waals surface area contributed by atoms with Crippen molar-refractivity contribution in [3.8, 4) is 0 Å². The Kier molecular flexibility index (Phi) is 5.56. The van der Waals surface area contributed by atoms with Gasteiger partial charge in [-0.2, -0.15) is 0 Å². The van der Waals surface area contributed by atoms with Crippen molar-refractivity contribution < 1.29 is 13.0 Å². The van der Waals surface area contributed by atoms with E-state index in [4.69, 9.17) is 4.55 Å². The predicted molar refractivity (Wildman–Crippen MR) is 90.1 cm³/mol. The fraction of sp³-hybridized carbons (Fsp3) is 0.625. The molecule has 0 radical (unpaired) electrons. The van der Waals surface area contributed by atoms with Crippen LogP contribution in [0.3, 0.4) is 0 Å². The maximum absolute atomic E-state index is 11.6. The van der Waals surface area contributed by atoms with Gasteiger partial charge in [0.15, 0.2) is 0 Å². The zero-order valence-corrected chi connectivity index (χ0v) is 15.3. The number of benzene rings is 1. The summed E-state index contributed by atoms with van der Waals surface area (Å²) in [6.07, 6.45) is 1.03. The first-order chi connectivity index (χ1) is 9.37. The van der Waals surface area contributed by atoms with Crippen molar-refractivity contribution in [2.24, 2.45) is 10.8 Å². The van der Waals surface area contributed by atoms with Crippen molar-refractivity contribution in [3.05, 3.63) is 29.8 Å². The molecule has 0 fully saturated rings. The molecular formula is C16H26O3S2. The van der Waals surface area contributed by atoms with Crippen LogP contribution in [0.2, 0.25) is 0 Å². The Morgan fingerprint density at radius 2 is 1.52 bits per heavy atom. The van der Waals surface area contributed by atoms with Crippen LogP contribution in [0.15, 0.2) is 29.2 Å². The van der Waals surface area contributed by atoms with Crippen LogP contribution in [0.5, 0.6) is 0 Å². The van der Waals surface area contributed by atoms with Gasteiger partial charge in [0.2, 0.25) is 0 Å². The lowest BCUT2D eigenvalue weighted by Crippen LogP contribution is -2.23. The summed E-state index contributed by atoms with van der Waals surface area (Å²) in [5, 5.41) is 0. The first-order valence-electron chi connectivity index (χ1n) is 7.05. The van der Waals surface area contributed by atoms with Gasteiger partial charge in [0.25, 0.3) is 8.87 Å². The molecule has 0 saturated carbocycles. The van der Waals surface area contributed by atoms with Crippen LogP contribution in [-0.4, -0.2) is 13.0 Å². The van der Waals surface area contributed by atoms with Crippen molar-refractivity contribution in [1.29, 1.82) is 0 Å². The van der Waals surface area contributed by atoms with Gasteiger partial charge >= 0.3 is 0 Å². The standard InChI is InChI=1S/C16H26O3S2/c1-15(2,3)11-14(16(4,5)6)12-7-9-13(10-8-12)21(18,19)20-17/h7-10,14,17H,11H2,1-6H3. The molecule has 0 heterocycles. The maximum atomic E-state index is 11.6. The molecule has 1 rings (SSSR count). The first-order valence-corrected chi connectivity index (χ1v) is 9.82. The van der Waals surface area contributed by atoms with E-state index in [1.165, 1.54) is 0 Å². The number of hydrogen-bond acceptors (Lipinski definition) is 4. The van der Waals surface area contributed by atoms with Gasteiger partial charge in [-0.3, -0.25) is 0 Å². The second-order valence-corrected chi connectivity index (χ2v) is 11.1. The number of rotatable bonds is 4. The highest BCUT2D eigenvalue weighted by atomic mass is 33.1. The van der Waals surface area contributed by atoms with Crippen LogP contribution in [-0.2, 0) is 8.87 Å². The molecular weight excluding hydrogens is 304 g/mol. The van der Waals surface area contributed by atoms with Crippen LogP contribution in [0.25, 0.3) is 0 Å². The molecule has 1 aromatic carbocycles. The molecule has 21 heavy (non-hydrogen) atoms. The third-order valence-electron chi connectivity index (χ3n) is 3.53. The lowest BCUT2D eigenvalue weighted by atomic mass is 9.69. The number of hydrogen-bond donors (Lipinski definition) is 1. The minimum Gasteiger partial charge on any atom is -0.317 e. The van der Waals surface area contributed by atoms with E-state index in [1.54, 1.807) is 12.1 Å². The Labute approximate surface area is 132 Å². The van der Waals surface area contributed by atoms with E-state index in [0.717, 1.165) is 12.0 Å². The molecule has 0 spiro atoms. The fourth-order valence-corrected chi connectivity index (χ4v) is 3.59. The minimum absolute atomic E-state index is 0.0966. The summed E-state index contributed by atoms with van der Waals surface area (Å²) in [6.45, 7) is 13.3. The summed E-state index contributed by atoms with van der Waals surface area (Å²) >= 11 is -0.118. The van der Waals surface area contributed by atoms with Crippen molar-refractivity contribution in [2.75, 3.05) is 0 Å². The van der Waals surface area contributed by atoms with Gasteiger partial charge in [0.05, 0.1) is 4.90 Å². The highest BCUT2D eigenvalue weighted by Crippen LogP contribution is 2.43. The Morgan fingerprint density at radius 3 is 1.86 bits per heavy atom. The van der Waals surface area contributed by atoms with Crippen molar-refractivity contribution in [1.82, 2.24) is 0 Å². The SMILES string of the molecule is CC(C)(C)CC(c1ccc(S(=O)(=O)SO)cc1)C(C)(C)C. The van der Waals surface area contributed by atoms with Crippen LogP contribution < -0.4 is 0 Å². The van der Waals surface area contributed by atoms with Crippen molar-refractivity contribution in [3.63, 3.8) is 0 Å². The molecule has 0 aliphatic heterocycles. The summed E-state index contributed by atoms with van der Waals surface area (Å²) in [6, 6.07) is 6.89. The molecule has 0 aliphatic rings. The molecule has 0 amide bonds. The largest absolute Gasteiger partial charge is 0.317 e. The quantitative estimate of drug-likeness (QED) is 0.613. The second-order valence-electron chi connectivity index (χ2n) is 7.78. The molecule has 1 N–H and O–H groups in total. The van der Waals surface area contributed by atoms with E-state index in [-0.39, 0.29) is 26.8 Å². The van der Waals surface area contributed by atoms with Gasteiger partial charge in [0.1, 0.15) is 11.1 Å². The Balaban J connectivity index is 3.17. The van der Waals surface area contributed by atoms with Gasteiger partial charge in [-0.25, -0.2) is 8.42 Å². The highest BCUT2D eigenvalue weighted by molar-refractivity contribution is 8.69. The van der Waals surface area contributed by atoms with Crippen LogP contribution in [0, 0.1) is 10.8 Å². The molecule has 1 unspecified atom stereocenters. The third kappa shape index (κ3) is 5.31. The zero-order chi connectivity index (χ0) is 16.5. The van der Waals surface area contributed by atoms with E-state index in [0.29, 0.717) is 5.92 Å². The molecule has 5 heteroatoms. The molecule has 0 bridgehead atoms. The van der Waals surface area contributed by atoms with Crippen molar-refractivity contribution in [2.45, 2.75) is 58.8 Å². The first kappa shape index (κ1) is 18.5. The fourth-order valence-electron chi connectivity index (χ4n) is 2.45. The molecule has 3 nitrogen and oxygen atoms in total. The third-order valence-corrected chi connectivity index (χ3v) is 5.74. The predicted octanol–water partition coefficient (Wildman–Crippen LogP) is 5.15. The topological polar surface area (TPSA) is 54.4 Å². The van der Waals surface area contributed by atoms with E-state index in [2.05, 4.69) is 41.5 Å². The molecule has 0 aromatic heterocycles. The van der Waals surface area contributed by atoms with E-state index < -0.39 is 8.87 Å². The molecule has 0 aliphatic carbocycles. The lowest BCUT2D eigenvalue weighted by Gasteiger charge is -2.36. The second kappa shape index (κ2) is 6.31. The molecule has 0 saturated heterocycles. The summed E-state index contributed by atoms with van der Waals surface area (Å²) < 4.78 is 32.1. The lowest BCUT2D eigenvalue weighted by molar-refractivity contribution is 0.229. The van der Waals surface area contributed by atoms with Crippen molar-refractivity contribution >= 4 is 19.9 Å². The monoisotopic (exact) mass is 330 g/mol. The summed E-state index contributed by atoms with van der Waals surface area (Å²) in [5.41, 5.74) is 1.43. The minimum atomic E-state index is -3.64. The van der Waals surface area contributed by atoms with Crippen LogP contribution in [0.1, 0.15) is 59.4 Å².